The molecular weight excluding hydrogens is 360 g/mol. The second-order valence-corrected chi connectivity index (χ2v) is 9.15. The number of rotatable bonds is 11. The number of carbonyl (C=O) groups excluding carboxylic acids is 1. The third-order valence-corrected chi connectivity index (χ3v) is 6.41. The first kappa shape index (κ1) is 25.9. The van der Waals surface area contributed by atoms with E-state index in [0.717, 1.165) is 44.9 Å². The van der Waals surface area contributed by atoms with E-state index >= 15 is 0 Å². The summed E-state index contributed by atoms with van der Waals surface area (Å²) in [6, 6.07) is 0. The van der Waals surface area contributed by atoms with Crippen LogP contribution in [0.15, 0.2) is 24.3 Å². The summed E-state index contributed by atoms with van der Waals surface area (Å²) in [4.78, 5) is 12.5. The van der Waals surface area contributed by atoms with Gasteiger partial charge >= 0.3 is 5.97 Å². The van der Waals surface area contributed by atoms with Crippen LogP contribution < -0.4 is 0 Å². The molecule has 1 saturated heterocycles. The molecule has 1 heterocycles. The summed E-state index contributed by atoms with van der Waals surface area (Å²) >= 11 is 0. The van der Waals surface area contributed by atoms with Gasteiger partial charge in [0.15, 0.2) is 0 Å². The molecule has 0 aromatic heterocycles. The average molecular weight is 407 g/mol. The van der Waals surface area contributed by atoms with Crippen LogP contribution in [0.4, 0.5) is 0 Å². The Morgan fingerprint density at radius 1 is 1.24 bits per heavy atom. The summed E-state index contributed by atoms with van der Waals surface area (Å²) in [5.41, 5.74) is 0.373. The maximum atomic E-state index is 12.5. The monoisotopic (exact) mass is 406 g/mol. The van der Waals surface area contributed by atoms with E-state index in [1.807, 2.05) is 6.92 Å². The Morgan fingerprint density at radius 3 is 2.45 bits per heavy atom. The third kappa shape index (κ3) is 6.70. The van der Waals surface area contributed by atoms with Crippen LogP contribution >= 0.6 is 0 Å². The number of unbranched alkanes of at least 4 members (excludes halogenated alkanes) is 3. The van der Waals surface area contributed by atoms with Crippen LogP contribution in [0.2, 0.25) is 0 Å². The third-order valence-electron chi connectivity index (χ3n) is 6.41. The van der Waals surface area contributed by atoms with Crippen molar-refractivity contribution in [3.8, 4) is 0 Å². The summed E-state index contributed by atoms with van der Waals surface area (Å²) in [6.45, 7) is 14.9. The fraction of sp³-hybridized carbons (Fsp3) is 0.808. The number of esters is 1. The lowest BCUT2D eigenvalue weighted by atomic mass is 9.63. The highest BCUT2D eigenvalue weighted by atomic mass is 16.6. The molecule has 5 atom stereocenters. The molecule has 1 N–H and O–H groups in total. The quantitative estimate of drug-likeness (QED) is 0.228. The first-order chi connectivity index (χ1) is 13.9. The molecule has 0 aromatic rings. The zero-order valence-electron chi connectivity index (χ0n) is 19.7. The number of allylic oxidation sites excluding steroid dienone is 1. The smallest absolute Gasteiger partial charge is 0.318 e. The van der Waals surface area contributed by atoms with Crippen LogP contribution in [0.3, 0.4) is 0 Å². The highest BCUT2D eigenvalue weighted by Crippen LogP contribution is 2.49. The van der Waals surface area contributed by atoms with Gasteiger partial charge in [0.1, 0.15) is 11.5 Å². The SMILES string of the molecule is C=C(CCC)C(CCCCCC)C1OC(=O)C1(C)[C@H](O)C1C=CCCC1.CCC. The molecule has 0 radical (unpaired) electrons. The van der Waals surface area contributed by atoms with Crippen molar-refractivity contribution >= 4 is 5.97 Å². The van der Waals surface area contributed by atoms with E-state index in [-0.39, 0.29) is 23.9 Å². The summed E-state index contributed by atoms with van der Waals surface area (Å²) < 4.78 is 5.67. The molecule has 1 aliphatic carbocycles. The largest absolute Gasteiger partial charge is 0.460 e. The number of hydrogen-bond acceptors (Lipinski definition) is 3. The molecule has 0 aromatic carbocycles. The zero-order valence-corrected chi connectivity index (χ0v) is 19.7. The van der Waals surface area contributed by atoms with Gasteiger partial charge in [0.2, 0.25) is 0 Å². The number of carbonyl (C=O) groups is 1. The molecule has 1 aliphatic heterocycles. The molecular formula is C26H46O3. The molecule has 168 valence electrons. The number of ether oxygens (including phenoxy) is 1. The maximum Gasteiger partial charge on any atom is 0.318 e. The topological polar surface area (TPSA) is 46.5 Å². The van der Waals surface area contributed by atoms with E-state index in [2.05, 4.69) is 46.4 Å². The lowest BCUT2D eigenvalue weighted by Gasteiger charge is -2.52. The van der Waals surface area contributed by atoms with Crippen LogP contribution in [-0.2, 0) is 9.53 Å². The van der Waals surface area contributed by atoms with Gasteiger partial charge in [-0.3, -0.25) is 4.79 Å². The first-order valence-electron chi connectivity index (χ1n) is 12.1. The fourth-order valence-corrected chi connectivity index (χ4v) is 4.63. The van der Waals surface area contributed by atoms with Crippen LogP contribution in [0.1, 0.15) is 105 Å². The van der Waals surface area contributed by atoms with Crippen molar-refractivity contribution in [3.05, 3.63) is 24.3 Å². The maximum absolute atomic E-state index is 12.5. The van der Waals surface area contributed by atoms with Gasteiger partial charge in [0, 0.05) is 11.8 Å². The Balaban J connectivity index is 0.00000132. The predicted molar refractivity (Wildman–Crippen MR) is 123 cm³/mol. The second-order valence-electron chi connectivity index (χ2n) is 9.15. The van der Waals surface area contributed by atoms with Crippen LogP contribution in [0.5, 0.6) is 0 Å². The Labute approximate surface area is 180 Å². The van der Waals surface area contributed by atoms with E-state index in [0.29, 0.717) is 0 Å². The molecule has 3 nitrogen and oxygen atoms in total. The van der Waals surface area contributed by atoms with Crippen molar-refractivity contribution in [2.45, 2.75) is 117 Å². The number of hydrogen-bond donors (Lipinski definition) is 1. The van der Waals surface area contributed by atoms with Crippen LogP contribution in [-0.4, -0.2) is 23.3 Å². The predicted octanol–water partition coefficient (Wildman–Crippen LogP) is 6.99. The van der Waals surface area contributed by atoms with Gasteiger partial charge in [-0.2, -0.15) is 0 Å². The van der Waals surface area contributed by atoms with Gasteiger partial charge in [0.25, 0.3) is 0 Å². The minimum Gasteiger partial charge on any atom is -0.460 e. The van der Waals surface area contributed by atoms with Crippen molar-refractivity contribution in [1.29, 1.82) is 0 Å². The van der Waals surface area contributed by atoms with E-state index in [4.69, 9.17) is 4.74 Å². The minimum absolute atomic E-state index is 0.0595. The lowest BCUT2D eigenvalue weighted by Crippen LogP contribution is -2.65. The van der Waals surface area contributed by atoms with Gasteiger partial charge in [-0.15, -0.1) is 0 Å². The number of aliphatic hydroxyl groups excluding tert-OH is 1. The Bertz CT molecular complexity index is 524. The Morgan fingerprint density at radius 2 is 1.93 bits per heavy atom. The molecule has 0 bridgehead atoms. The summed E-state index contributed by atoms with van der Waals surface area (Å²) in [6.07, 6.45) is 15.5. The molecule has 2 rings (SSSR count). The minimum atomic E-state index is -0.807. The van der Waals surface area contributed by atoms with Crippen molar-refractivity contribution in [3.63, 3.8) is 0 Å². The van der Waals surface area contributed by atoms with Gasteiger partial charge in [-0.25, -0.2) is 0 Å². The standard InChI is InChI=1S/C23H38O3.C3H8/c1-5-7-8-12-16-19(17(3)13-6-2)21-23(4,22(25)26-21)20(24)18-14-10-9-11-15-18;1-3-2/h10,14,18-21,24H,3,5-9,11-13,15-16H2,1-2,4H3;3H2,1-2H3/t18?,19?,20-,21?,23?;/m1./s1. The summed E-state index contributed by atoms with van der Waals surface area (Å²) in [5.74, 6) is -0.0159. The number of cyclic esters (lactones) is 1. The molecule has 2 aliphatic rings. The lowest BCUT2D eigenvalue weighted by molar-refractivity contribution is -0.233. The van der Waals surface area contributed by atoms with Gasteiger partial charge in [-0.05, 0) is 39.0 Å². The van der Waals surface area contributed by atoms with Crippen molar-refractivity contribution in [2.75, 3.05) is 0 Å². The summed E-state index contributed by atoms with van der Waals surface area (Å²) in [7, 11) is 0. The Hall–Kier alpha value is -1.09. The van der Waals surface area contributed by atoms with E-state index in [9.17, 15) is 9.90 Å². The number of aliphatic hydroxyl groups is 1. The highest BCUT2D eigenvalue weighted by molar-refractivity contribution is 5.84. The van der Waals surface area contributed by atoms with Gasteiger partial charge in [-0.1, -0.05) is 90.5 Å². The Kier molecular flexibility index (Phi) is 11.9. The fourth-order valence-electron chi connectivity index (χ4n) is 4.63. The van der Waals surface area contributed by atoms with Crippen LogP contribution in [0.25, 0.3) is 0 Å². The first-order valence-corrected chi connectivity index (χ1v) is 12.1. The van der Waals surface area contributed by atoms with Gasteiger partial charge < -0.3 is 9.84 Å². The van der Waals surface area contributed by atoms with Crippen molar-refractivity contribution in [1.82, 2.24) is 0 Å². The molecule has 29 heavy (non-hydrogen) atoms. The zero-order chi connectivity index (χ0) is 21.9. The van der Waals surface area contributed by atoms with Gasteiger partial charge in [0.05, 0.1) is 6.10 Å². The molecule has 0 amide bonds. The normalized spacial score (nSPS) is 27.9. The van der Waals surface area contributed by atoms with E-state index < -0.39 is 11.5 Å². The molecule has 3 heteroatoms. The van der Waals surface area contributed by atoms with Crippen molar-refractivity contribution in [2.24, 2.45) is 17.3 Å². The second kappa shape index (κ2) is 13.3. The highest BCUT2D eigenvalue weighted by Gasteiger charge is 2.62. The molecule has 4 unspecified atom stereocenters. The molecule has 0 spiro atoms. The molecule has 1 fully saturated rings. The summed E-state index contributed by atoms with van der Waals surface area (Å²) in [5, 5.41) is 11.1. The van der Waals surface area contributed by atoms with E-state index in [1.54, 1.807) is 0 Å². The van der Waals surface area contributed by atoms with Crippen LogP contribution in [0, 0.1) is 17.3 Å². The van der Waals surface area contributed by atoms with Crippen molar-refractivity contribution < 1.29 is 14.6 Å². The molecule has 0 saturated carbocycles. The van der Waals surface area contributed by atoms with E-state index in [1.165, 1.54) is 31.3 Å². The average Bonchev–Trinajstić information content (AvgIpc) is 2.73.